The normalized spacial score (nSPS) is 9.16. The van der Waals surface area contributed by atoms with Crippen LogP contribution in [0.25, 0.3) is 11.1 Å². The fourth-order valence-corrected chi connectivity index (χ4v) is 1.90. The van der Waals surface area contributed by atoms with Crippen molar-refractivity contribution in [2.75, 3.05) is 0 Å². The van der Waals surface area contributed by atoms with Crippen LogP contribution in [0.1, 0.15) is 12.0 Å². The van der Waals surface area contributed by atoms with Crippen LogP contribution in [-0.4, -0.2) is 16.1 Å². The molecule has 0 amide bonds. The summed E-state index contributed by atoms with van der Waals surface area (Å²) in [5.74, 6) is 0.323. The summed E-state index contributed by atoms with van der Waals surface area (Å²) >= 11 is 0. The van der Waals surface area contributed by atoms with Gasteiger partial charge in [-0.25, -0.2) is 12.2 Å². The molecule has 0 saturated heterocycles. The molecule has 2 aromatic rings. The SMILES string of the molecule is Cc1cc(O)cc(-c2ccccc2)c1.Cl.Cl.[C-]1=CC=CC1.[CH3-].[CH3-].[Si].[Ti+3]. The molecule has 0 heterocycles. The van der Waals surface area contributed by atoms with Gasteiger partial charge in [0.2, 0.25) is 0 Å². The zero-order valence-electron chi connectivity index (χ0n) is 14.8. The summed E-state index contributed by atoms with van der Waals surface area (Å²) in [6.45, 7) is 1.98. The Hall–Kier alpha value is -0.769. The van der Waals surface area contributed by atoms with Crippen molar-refractivity contribution in [3.63, 3.8) is 0 Å². The molecule has 3 rings (SSSR count). The van der Waals surface area contributed by atoms with E-state index in [2.05, 4.69) is 18.2 Å². The molecule has 1 N–H and O–H groups in total. The molecule has 0 saturated carbocycles. The topological polar surface area (TPSA) is 20.2 Å². The molecule has 0 spiro atoms. The van der Waals surface area contributed by atoms with Crippen molar-refractivity contribution in [3.8, 4) is 16.9 Å². The third-order valence-corrected chi connectivity index (χ3v) is 2.76. The standard InChI is InChI=1S/C13H12O.C5H5.2CH3.2ClH.Si.Ti/c1-10-7-12(9-13(14)8-10)11-5-3-2-4-6-11;1-2-4-5-3-1;;;;;;/h2-9,14H,1H3;1-3H,4H2;2*1H3;2*1H;;/q;3*-1;;;;+3. The third kappa shape index (κ3) is 13.1. The maximum atomic E-state index is 9.46. The minimum absolute atomic E-state index is 0. The molecule has 5 radical (unpaired) electrons. The first-order valence-corrected chi connectivity index (χ1v) is 6.33. The first-order chi connectivity index (χ1) is 9.25. The van der Waals surface area contributed by atoms with E-state index in [0.717, 1.165) is 23.1 Å². The number of rotatable bonds is 1. The van der Waals surface area contributed by atoms with Gasteiger partial charge in [0.15, 0.2) is 0 Å². The van der Waals surface area contributed by atoms with E-state index in [9.17, 15) is 5.11 Å². The number of phenolic OH excluding ortho intramolecular Hbond substituents is 1. The molecular weight excluding hydrogens is 403 g/mol. The smallest absolute Gasteiger partial charge is 0.508 e. The number of hydrogen-bond donors (Lipinski definition) is 1. The Morgan fingerprint density at radius 1 is 0.920 bits per heavy atom. The van der Waals surface area contributed by atoms with E-state index in [4.69, 9.17) is 0 Å². The number of hydrogen-bond acceptors (Lipinski definition) is 1. The molecule has 1 aliphatic carbocycles. The third-order valence-electron chi connectivity index (χ3n) is 2.76. The first-order valence-electron chi connectivity index (χ1n) is 6.33. The molecule has 5 heteroatoms. The summed E-state index contributed by atoms with van der Waals surface area (Å²) in [5.41, 5.74) is 3.26. The van der Waals surface area contributed by atoms with Crippen molar-refractivity contribution in [2.24, 2.45) is 0 Å². The minimum Gasteiger partial charge on any atom is -0.508 e. The average Bonchev–Trinajstić information content (AvgIpc) is 2.98. The Bertz CT molecular complexity index is 572. The second-order valence-electron chi connectivity index (χ2n) is 4.43. The van der Waals surface area contributed by atoms with E-state index < -0.39 is 0 Å². The van der Waals surface area contributed by atoms with E-state index >= 15 is 0 Å². The molecular formula is C20H25Cl2OSiTi. The Balaban J connectivity index is -0.000000108. The second kappa shape index (κ2) is 19.6. The maximum Gasteiger partial charge on any atom is 3.00 e. The van der Waals surface area contributed by atoms with Gasteiger partial charge in [-0.15, -0.1) is 31.2 Å². The fraction of sp³-hybridized carbons (Fsp3) is 0.100. The van der Waals surface area contributed by atoms with Gasteiger partial charge in [-0.05, 0) is 35.7 Å². The van der Waals surface area contributed by atoms with Gasteiger partial charge >= 0.3 is 21.7 Å². The van der Waals surface area contributed by atoms with Gasteiger partial charge in [0.1, 0.15) is 5.75 Å². The van der Waals surface area contributed by atoms with Crippen molar-refractivity contribution in [1.82, 2.24) is 0 Å². The van der Waals surface area contributed by atoms with Gasteiger partial charge in [-0.2, -0.15) is 6.08 Å². The van der Waals surface area contributed by atoms with Crippen molar-refractivity contribution in [2.45, 2.75) is 13.3 Å². The predicted octanol–water partition coefficient (Wildman–Crippen LogP) is 6.03. The molecule has 0 fully saturated rings. The fourth-order valence-electron chi connectivity index (χ4n) is 1.90. The molecule has 0 bridgehead atoms. The van der Waals surface area contributed by atoms with E-state index in [1.807, 2.05) is 49.4 Å². The number of halogens is 2. The van der Waals surface area contributed by atoms with Crippen molar-refractivity contribution >= 4 is 35.8 Å². The van der Waals surface area contributed by atoms with Gasteiger partial charge in [0, 0.05) is 11.0 Å². The van der Waals surface area contributed by atoms with Crippen LogP contribution in [0.4, 0.5) is 0 Å². The van der Waals surface area contributed by atoms with Crippen molar-refractivity contribution in [1.29, 1.82) is 0 Å². The number of benzene rings is 2. The molecule has 0 unspecified atom stereocenters. The number of aromatic hydroxyl groups is 1. The zero-order chi connectivity index (χ0) is 13.5. The van der Waals surface area contributed by atoms with E-state index in [0.29, 0.717) is 5.75 Å². The summed E-state index contributed by atoms with van der Waals surface area (Å²) in [6, 6.07) is 15.6. The summed E-state index contributed by atoms with van der Waals surface area (Å²) in [7, 11) is 0. The van der Waals surface area contributed by atoms with Crippen LogP contribution in [0.15, 0.2) is 66.8 Å². The minimum atomic E-state index is 0. The van der Waals surface area contributed by atoms with Gasteiger partial charge in [-0.3, -0.25) is 6.08 Å². The van der Waals surface area contributed by atoms with Crippen molar-refractivity contribution < 1.29 is 26.8 Å². The molecule has 133 valence electrons. The zero-order valence-corrected chi connectivity index (χ0v) is 19.0. The van der Waals surface area contributed by atoms with Crippen LogP contribution in [0, 0.1) is 27.9 Å². The van der Waals surface area contributed by atoms with Crippen LogP contribution >= 0.6 is 24.8 Å². The summed E-state index contributed by atoms with van der Waals surface area (Å²) in [4.78, 5) is 0. The maximum absolute atomic E-state index is 9.46. The molecule has 0 atom stereocenters. The number of aryl methyl sites for hydroxylation is 1. The van der Waals surface area contributed by atoms with Gasteiger partial charge in [-0.1, -0.05) is 36.4 Å². The number of allylic oxidation sites excluding steroid dienone is 4. The second-order valence-corrected chi connectivity index (χ2v) is 4.43. The van der Waals surface area contributed by atoms with Crippen LogP contribution in [-0.2, 0) is 21.7 Å². The Kier molecular flexibility index (Phi) is 27.7. The van der Waals surface area contributed by atoms with Gasteiger partial charge in [0.25, 0.3) is 0 Å². The Morgan fingerprint density at radius 2 is 1.52 bits per heavy atom. The van der Waals surface area contributed by atoms with E-state index in [1.54, 1.807) is 12.1 Å². The molecule has 0 aromatic heterocycles. The van der Waals surface area contributed by atoms with Crippen LogP contribution in [0.3, 0.4) is 0 Å². The van der Waals surface area contributed by atoms with Crippen molar-refractivity contribution in [3.05, 3.63) is 93.3 Å². The molecule has 1 aliphatic rings. The molecule has 1 nitrogen and oxygen atoms in total. The average molecular weight is 428 g/mol. The molecule has 2 aromatic carbocycles. The summed E-state index contributed by atoms with van der Waals surface area (Å²) in [5, 5.41) is 9.46. The monoisotopic (exact) mass is 427 g/mol. The molecule has 0 aliphatic heterocycles. The first kappa shape index (κ1) is 35.4. The van der Waals surface area contributed by atoms with Crippen LogP contribution in [0.5, 0.6) is 5.75 Å². The summed E-state index contributed by atoms with van der Waals surface area (Å²) in [6.07, 6.45) is 10.0. The van der Waals surface area contributed by atoms with Crippen LogP contribution in [0.2, 0.25) is 0 Å². The largest absolute Gasteiger partial charge is 3.00 e. The Labute approximate surface area is 185 Å². The van der Waals surface area contributed by atoms with E-state index in [1.165, 1.54) is 0 Å². The predicted molar refractivity (Wildman–Crippen MR) is 113 cm³/mol. The van der Waals surface area contributed by atoms with E-state index in [-0.39, 0.29) is 72.4 Å². The Morgan fingerprint density at radius 3 is 1.92 bits per heavy atom. The van der Waals surface area contributed by atoms with Crippen LogP contribution < -0.4 is 0 Å². The quantitative estimate of drug-likeness (QED) is 0.434. The van der Waals surface area contributed by atoms with Gasteiger partial charge < -0.3 is 20.0 Å². The summed E-state index contributed by atoms with van der Waals surface area (Å²) < 4.78 is 0. The number of phenols is 1. The van der Waals surface area contributed by atoms with Gasteiger partial charge in [0.05, 0.1) is 0 Å². The molecule has 25 heavy (non-hydrogen) atoms.